The Morgan fingerprint density at radius 2 is 1.83 bits per heavy atom. The number of aromatic nitrogens is 1. The van der Waals surface area contributed by atoms with E-state index >= 15 is 0 Å². The number of hydrogen-bond acceptors (Lipinski definition) is 4. The van der Waals surface area contributed by atoms with Gasteiger partial charge in [0.05, 0.1) is 18.7 Å². The number of rotatable bonds is 6. The van der Waals surface area contributed by atoms with Crippen LogP contribution in [0.25, 0.3) is 33.2 Å². The fraction of sp³-hybridized carbons (Fsp3) is 0.130. The number of ether oxygens (including phenoxy) is 1. The van der Waals surface area contributed by atoms with Crippen LogP contribution in [0.5, 0.6) is 5.75 Å². The van der Waals surface area contributed by atoms with E-state index in [0.29, 0.717) is 0 Å². The number of methoxy groups -OCH3 is 1. The topological polar surface area (TPSA) is 60.4 Å². The maximum Gasteiger partial charge on any atom is 0.126 e. The highest BCUT2D eigenvalue weighted by Gasteiger charge is 2.15. The smallest absolute Gasteiger partial charge is 0.126 e. The van der Waals surface area contributed by atoms with Crippen molar-refractivity contribution in [1.29, 1.82) is 0 Å². The van der Waals surface area contributed by atoms with E-state index in [-0.39, 0.29) is 6.54 Å². The van der Waals surface area contributed by atoms with Gasteiger partial charge in [-0.2, -0.15) is 0 Å². The minimum absolute atomic E-state index is 0.205. The van der Waals surface area contributed by atoms with Crippen LogP contribution in [-0.2, 0) is 0 Å². The molecule has 29 heavy (non-hydrogen) atoms. The molecule has 4 aromatic rings. The average Bonchev–Trinajstić information content (AvgIpc) is 3.16. The molecule has 0 bridgehead atoms. The van der Waals surface area contributed by atoms with Gasteiger partial charge in [0.15, 0.2) is 0 Å². The molecule has 6 heteroatoms. The van der Waals surface area contributed by atoms with Crippen molar-refractivity contribution >= 4 is 41.2 Å². The number of nitrogens with zero attached hydrogens (tertiary/aromatic N) is 1. The monoisotopic (exact) mass is 516 g/mol. The van der Waals surface area contributed by atoms with Crippen molar-refractivity contribution < 1.29 is 9.84 Å². The summed E-state index contributed by atoms with van der Waals surface area (Å²) in [6.07, 6.45) is 1.50. The fourth-order valence-electron chi connectivity index (χ4n) is 3.58. The van der Waals surface area contributed by atoms with E-state index in [4.69, 9.17) is 10.5 Å². The summed E-state index contributed by atoms with van der Waals surface area (Å²) in [5.74, 6) is 0.850. The van der Waals surface area contributed by atoms with Gasteiger partial charge in [-0.25, -0.2) is 0 Å². The Hall–Kier alpha value is -2.00. The van der Waals surface area contributed by atoms with Gasteiger partial charge in [-0.05, 0) is 41.0 Å². The van der Waals surface area contributed by atoms with Crippen molar-refractivity contribution in [1.82, 2.24) is 3.97 Å². The lowest BCUT2D eigenvalue weighted by Crippen LogP contribution is -2.11. The van der Waals surface area contributed by atoms with Gasteiger partial charge in [-0.3, -0.25) is 3.97 Å². The Morgan fingerprint density at radius 1 is 1.03 bits per heavy atom. The first-order valence-corrected chi connectivity index (χ1v) is 12.5. The third-order valence-corrected chi connectivity index (χ3v) is 6.79. The van der Waals surface area contributed by atoms with Crippen LogP contribution in [-0.4, -0.2) is 22.7 Å². The normalized spacial score (nSPS) is 12.3. The number of hydrogen-bond donors (Lipinski definition) is 2. The third kappa shape index (κ3) is 3.90. The molecule has 0 saturated carbocycles. The summed E-state index contributed by atoms with van der Waals surface area (Å²) >= 11 is 2.30. The Bertz CT molecular complexity index is 1160. The zero-order chi connectivity index (χ0) is 20.4. The van der Waals surface area contributed by atoms with E-state index in [0.717, 1.165) is 44.5 Å². The summed E-state index contributed by atoms with van der Waals surface area (Å²) in [6, 6.07) is 22.5. The second-order valence-corrected chi connectivity index (χ2v) is 8.46. The van der Waals surface area contributed by atoms with E-state index in [1.807, 2.05) is 36.4 Å². The molecule has 1 unspecified atom stereocenters. The molecule has 1 atom stereocenters. The van der Waals surface area contributed by atoms with E-state index in [1.54, 1.807) is 16.2 Å². The van der Waals surface area contributed by atoms with Gasteiger partial charge in [0.25, 0.3) is 0 Å². The first-order chi connectivity index (χ1) is 14.2. The number of aliphatic hydroxyl groups is 1. The lowest BCUT2D eigenvalue weighted by molar-refractivity contribution is 0.187. The van der Waals surface area contributed by atoms with Crippen molar-refractivity contribution in [2.24, 2.45) is 5.73 Å². The van der Waals surface area contributed by atoms with Crippen LogP contribution in [0.15, 0.2) is 72.9 Å². The molecule has 0 aliphatic heterocycles. The second-order valence-electron chi connectivity index (χ2n) is 6.75. The van der Waals surface area contributed by atoms with E-state index in [9.17, 15) is 5.11 Å². The molecule has 3 aromatic carbocycles. The third-order valence-electron chi connectivity index (χ3n) is 5.07. The van der Waals surface area contributed by atoms with Gasteiger partial charge in [0, 0.05) is 59.6 Å². The lowest BCUT2D eigenvalue weighted by Gasteiger charge is -2.11. The largest absolute Gasteiger partial charge is 0.496 e. The first kappa shape index (κ1) is 20.3. The number of nitrogens with two attached hydrogens (primary N) is 1. The fourth-order valence-corrected chi connectivity index (χ4v) is 4.94. The molecule has 1 heterocycles. The molecule has 4 nitrogen and oxygen atoms in total. The Balaban J connectivity index is 1.90. The van der Waals surface area contributed by atoms with Crippen LogP contribution in [0.1, 0.15) is 11.7 Å². The van der Waals surface area contributed by atoms with Gasteiger partial charge >= 0.3 is 0 Å². The van der Waals surface area contributed by atoms with Crippen LogP contribution < -0.4 is 10.5 Å². The van der Waals surface area contributed by atoms with E-state index in [1.165, 1.54) is 0 Å². The molecule has 4 rings (SSSR count). The molecule has 0 spiro atoms. The molecule has 1 aromatic heterocycles. The highest BCUT2D eigenvalue weighted by molar-refractivity contribution is 14.2. The van der Waals surface area contributed by atoms with Crippen molar-refractivity contribution in [3.63, 3.8) is 0 Å². The number of benzene rings is 3. The van der Waals surface area contributed by atoms with Gasteiger partial charge in [-0.1, -0.05) is 42.5 Å². The highest BCUT2D eigenvalue weighted by Crippen LogP contribution is 2.40. The highest BCUT2D eigenvalue weighted by atomic mass is 127. The van der Waals surface area contributed by atoms with Crippen molar-refractivity contribution in [2.45, 2.75) is 6.10 Å². The van der Waals surface area contributed by atoms with Crippen LogP contribution in [0.4, 0.5) is 0 Å². The standard InChI is InChI=1S/C23H21IN2O2S/c1-28-23-8-3-2-7-18(23)20-14-26(29-24)21-10-9-16(12-19(20)21)15-5-4-6-17(11-15)22(27)13-25/h2-12,14,22,27H,13,25H2,1H3. The van der Waals surface area contributed by atoms with Crippen molar-refractivity contribution in [3.8, 4) is 28.0 Å². The van der Waals surface area contributed by atoms with E-state index in [2.05, 4.69) is 61.7 Å². The van der Waals surface area contributed by atoms with Crippen LogP contribution in [0.3, 0.4) is 0 Å². The second kappa shape index (κ2) is 8.79. The van der Waals surface area contributed by atoms with Gasteiger partial charge in [-0.15, -0.1) is 0 Å². The summed E-state index contributed by atoms with van der Waals surface area (Å²) in [5.41, 5.74) is 11.9. The molecule has 0 aliphatic carbocycles. The minimum atomic E-state index is -0.653. The van der Waals surface area contributed by atoms with E-state index < -0.39 is 6.10 Å². The SMILES string of the molecule is COc1ccccc1-c1cn(SI)c2ccc(-c3cccc(C(O)CN)c3)cc12. The Morgan fingerprint density at radius 3 is 2.59 bits per heavy atom. The molecule has 0 saturated heterocycles. The predicted molar refractivity (Wildman–Crippen MR) is 130 cm³/mol. The summed E-state index contributed by atoms with van der Waals surface area (Å²) in [4.78, 5) is 0. The minimum Gasteiger partial charge on any atom is -0.496 e. The zero-order valence-electron chi connectivity index (χ0n) is 15.9. The molecule has 0 fully saturated rings. The number of halogens is 1. The number of fused-ring (bicyclic) bond motifs is 1. The zero-order valence-corrected chi connectivity index (χ0v) is 18.9. The molecule has 3 N–H and O–H groups in total. The van der Waals surface area contributed by atoms with Crippen LogP contribution >= 0.6 is 30.3 Å². The molecule has 148 valence electrons. The lowest BCUT2D eigenvalue weighted by atomic mass is 9.97. The van der Waals surface area contributed by atoms with Gasteiger partial charge in [0.2, 0.25) is 0 Å². The summed E-state index contributed by atoms with van der Waals surface area (Å²) in [6.45, 7) is 0.205. The summed E-state index contributed by atoms with van der Waals surface area (Å²) < 4.78 is 7.77. The van der Waals surface area contributed by atoms with Crippen LogP contribution in [0.2, 0.25) is 0 Å². The predicted octanol–water partition coefficient (Wildman–Crippen LogP) is 5.82. The van der Waals surface area contributed by atoms with Gasteiger partial charge in [0.1, 0.15) is 5.75 Å². The molecular formula is C23H21IN2O2S. The molecule has 0 radical (unpaired) electrons. The Kier molecular flexibility index (Phi) is 6.15. The summed E-state index contributed by atoms with van der Waals surface area (Å²) in [5, 5.41) is 11.3. The quantitative estimate of drug-likeness (QED) is 0.317. The molecule has 0 aliphatic rings. The molecule has 0 amide bonds. The maximum atomic E-state index is 10.1. The van der Waals surface area contributed by atoms with Crippen molar-refractivity contribution in [2.75, 3.05) is 13.7 Å². The van der Waals surface area contributed by atoms with Crippen LogP contribution in [0, 0.1) is 0 Å². The van der Waals surface area contributed by atoms with Crippen molar-refractivity contribution in [3.05, 3.63) is 78.5 Å². The maximum absolute atomic E-state index is 10.1. The van der Waals surface area contributed by atoms with Gasteiger partial charge < -0.3 is 15.6 Å². The summed E-state index contributed by atoms with van der Waals surface area (Å²) in [7, 11) is 3.34. The Labute approximate surface area is 186 Å². The molecular weight excluding hydrogens is 495 g/mol. The first-order valence-electron chi connectivity index (χ1n) is 9.22. The number of para-hydroxylation sites is 1. The number of aliphatic hydroxyl groups excluding tert-OH is 1. The average molecular weight is 516 g/mol.